The number of carbonyl (C=O) groups excluding carboxylic acids is 1. The second kappa shape index (κ2) is 12.4. The molecule has 42 heavy (non-hydrogen) atoms. The van der Waals surface area contributed by atoms with Gasteiger partial charge in [0.15, 0.2) is 11.0 Å². The van der Waals surface area contributed by atoms with Crippen molar-refractivity contribution in [2.24, 2.45) is 4.99 Å². The maximum absolute atomic E-state index is 12.8. The minimum absolute atomic E-state index is 0.0245. The van der Waals surface area contributed by atoms with E-state index in [1.165, 1.54) is 47.0 Å². The first-order chi connectivity index (χ1) is 20.1. The summed E-state index contributed by atoms with van der Waals surface area (Å²) >= 11 is 1.44. The molecule has 1 aliphatic heterocycles. The molecule has 5 rings (SSSR count). The van der Waals surface area contributed by atoms with Crippen LogP contribution < -0.4 is 15.0 Å². The van der Waals surface area contributed by atoms with Crippen LogP contribution >= 0.6 is 11.8 Å². The smallest absolute Gasteiger partial charge is 0.406 e. The molecule has 0 unspecified atom stereocenters. The van der Waals surface area contributed by atoms with Crippen LogP contribution in [0.1, 0.15) is 36.5 Å². The van der Waals surface area contributed by atoms with Crippen molar-refractivity contribution >= 4 is 28.5 Å². The highest BCUT2D eigenvalue weighted by molar-refractivity contribution is 8.15. The lowest BCUT2D eigenvalue weighted by Gasteiger charge is -2.22. The average Bonchev–Trinajstić information content (AvgIpc) is 3.58. The van der Waals surface area contributed by atoms with E-state index in [-0.39, 0.29) is 17.6 Å². The van der Waals surface area contributed by atoms with Crippen molar-refractivity contribution in [3.63, 3.8) is 0 Å². The number of hydrogen-bond acceptors (Lipinski definition) is 7. The lowest BCUT2D eigenvalue weighted by molar-refractivity contribution is -0.274. The van der Waals surface area contributed by atoms with Gasteiger partial charge in [0.2, 0.25) is 5.91 Å². The number of halogens is 3. The van der Waals surface area contributed by atoms with Gasteiger partial charge in [-0.1, -0.05) is 55.9 Å². The molecule has 1 aliphatic rings. The molecule has 0 atom stereocenters. The van der Waals surface area contributed by atoms with E-state index in [1.807, 2.05) is 37.3 Å². The number of amidine groups is 1. The van der Waals surface area contributed by atoms with Crippen molar-refractivity contribution in [1.82, 2.24) is 20.1 Å². The van der Waals surface area contributed by atoms with Gasteiger partial charge in [-0.3, -0.25) is 15.0 Å². The molecule has 3 aromatic carbocycles. The highest BCUT2D eigenvalue weighted by atomic mass is 32.2. The Labute approximate surface area is 245 Å². The molecule has 1 saturated heterocycles. The van der Waals surface area contributed by atoms with Gasteiger partial charge in [0, 0.05) is 12.1 Å². The van der Waals surface area contributed by atoms with Crippen LogP contribution in [0.15, 0.2) is 78.0 Å². The van der Waals surface area contributed by atoms with E-state index in [9.17, 15) is 18.0 Å². The Kier molecular flexibility index (Phi) is 8.64. The summed E-state index contributed by atoms with van der Waals surface area (Å²) in [6, 6.07) is 19.3. The third-order valence-electron chi connectivity index (χ3n) is 6.48. The van der Waals surface area contributed by atoms with Gasteiger partial charge in [-0.2, -0.15) is 0 Å². The predicted octanol–water partition coefficient (Wildman–Crippen LogP) is 6.45. The number of hydrogen-bond donors (Lipinski definition) is 1. The Hall–Kier alpha value is -4.16. The molecule has 4 aromatic rings. The first-order valence-corrected chi connectivity index (χ1v) is 14.2. The van der Waals surface area contributed by atoms with Crippen molar-refractivity contribution in [1.29, 1.82) is 0 Å². The summed E-state index contributed by atoms with van der Waals surface area (Å²) in [4.78, 5) is 23.6. The lowest BCUT2D eigenvalue weighted by Crippen LogP contribution is -2.31. The number of anilines is 1. The zero-order valence-electron chi connectivity index (χ0n) is 23.2. The standard InChI is InChI=1S/C30H29F3N6O2S/c1-19(2)25-12-7-20(3)13-26(25)39-27(40)16-42-29(39)35-17-34-15-21-5-4-6-22(14-21)28-36-18-38(37-28)23-8-10-24(11-9-23)41-30(31,32)33/h4-14,18-19,34H,15-17H2,1-3H3. The van der Waals surface area contributed by atoms with E-state index in [2.05, 4.69) is 46.1 Å². The Morgan fingerprint density at radius 2 is 1.88 bits per heavy atom. The third kappa shape index (κ3) is 7.00. The van der Waals surface area contributed by atoms with Crippen LogP contribution in [-0.4, -0.2) is 44.6 Å². The first-order valence-electron chi connectivity index (χ1n) is 13.3. The number of aromatic nitrogens is 3. The highest BCUT2D eigenvalue weighted by Crippen LogP contribution is 2.34. The lowest BCUT2D eigenvalue weighted by atomic mass is 9.99. The fourth-order valence-electron chi connectivity index (χ4n) is 4.52. The molecule has 0 radical (unpaired) electrons. The molecule has 1 aromatic heterocycles. The quantitative estimate of drug-likeness (QED) is 0.224. The van der Waals surface area contributed by atoms with Crippen LogP contribution in [0.2, 0.25) is 0 Å². The Balaban J connectivity index is 1.23. The number of aliphatic imine (C=N–C) groups is 1. The SMILES string of the molecule is Cc1ccc(C(C)C)c(N2C(=O)CSC2=NCNCc2cccc(-c3ncn(-c4ccc(OC(F)(F)F)cc4)n3)c2)c1. The van der Waals surface area contributed by atoms with Gasteiger partial charge in [-0.05, 0) is 65.9 Å². The van der Waals surface area contributed by atoms with Gasteiger partial charge in [0.25, 0.3) is 0 Å². The maximum atomic E-state index is 12.8. The molecule has 0 bridgehead atoms. The number of amides is 1. The van der Waals surface area contributed by atoms with Gasteiger partial charge in [-0.25, -0.2) is 14.7 Å². The zero-order valence-corrected chi connectivity index (χ0v) is 24.0. The number of rotatable bonds is 9. The minimum Gasteiger partial charge on any atom is -0.406 e. The molecule has 0 spiro atoms. The fraction of sp³-hybridized carbons (Fsp3) is 0.267. The fourth-order valence-corrected chi connectivity index (χ4v) is 5.38. The molecule has 2 heterocycles. The van der Waals surface area contributed by atoms with Gasteiger partial charge in [0.05, 0.1) is 23.8 Å². The average molecular weight is 595 g/mol. The van der Waals surface area contributed by atoms with E-state index in [0.717, 1.165) is 27.9 Å². The molecule has 218 valence electrons. The Morgan fingerprint density at radius 1 is 1.10 bits per heavy atom. The number of thioether (sulfide) groups is 1. The number of alkyl halides is 3. The van der Waals surface area contributed by atoms with E-state index in [0.29, 0.717) is 35.6 Å². The molecule has 12 heteroatoms. The zero-order chi connectivity index (χ0) is 29.9. The normalized spacial score (nSPS) is 14.8. The van der Waals surface area contributed by atoms with E-state index < -0.39 is 6.36 Å². The first kappa shape index (κ1) is 29.3. The molecular weight excluding hydrogens is 565 g/mol. The second-order valence-electron chi connectivity index (χ2n) is 10.0. The molecule has 1 amide bonds. The summed E-state index contributed by atoms with van der Waals surface area (Å²) in [5.41, 5.74) is 5.42. The maximum Gasteiger partial charge on any atom is 0.573 e. The monoisotopic (exact) mass is 594 g/mol. The summed E-state index contributed by atoms with van der Waals surface area (Å²) in [6.45, 7) is 7.11. The molecule has 1 N–H and O–H groups in total. The number of nitrogens with one attached hydrogen (secondary N) is 1. The largest absolute Gasteiger partial charge is 0.573 e. The topological polar surface area (TPSA) is 84.6 Å². The molecule has 1 fully saturated rings. The minimum atomic E-state index is -4.75. The molecule has 0 aliphatic carbocycles. The summed E-state index contributed by atoms with van der Waals surface area (Å²) in [5, 5.41) is 8.48. The summed E-state index contributed by atoms with van der Waals surface area (Å²) in [5.74, 6) is 0.820. The summed E-state index contributed by atoms with van der Waals surface area (Å²) in [7, 11) is 0. The van der Waals surface area contributed by atoms with Gasteiger partial charge >= 0.3 is 6.36 Å². The van der Waals surface area contributed by atoms with Crippen molar-refractivity contribution in [2.45, 2.75) is 39.6 Å². The number of ether oxygens (including phenoxy) is 1. The number of aryl methyl sites for hydroxylation is 1. The molecule has 8 nitrogen and oxygen atoms in total. The number of benzene rings is 3. The summed E-state index contributed by atoms with van der Waals surface area (Å²) < 4.78 is 42.7. The van der Waals surface area contributed by atoms with Gasteiger partial charge in [0.1, 0.15) is 12.1 Å². The predicted molar refractivity (Wildman–Crippen MR) is 158 cm³/mol. The van der Waals surface area contributed by atoms with Crippen LogP contribution in [0.5, 0.6) is 5.75 Å². The Morgan fingerprint density at radius 3 is 2.62 bits per heavy atom. The van der Waals surface area contributed by atoms with Crippen LogP contribution in [-0.2, 0) is 11.3 Å². The van der Waals surface area contributed by atoms with Gasteiger partial charge < -0.3 is 4.74 Å². The van der Waals surface area contributed by atoms with Crippen LogP contribution in [0.3, 0.4) is 0 Å². The van der Waals surface area contributed by atoms with E-state index >= 15 is 0 Å². The van der Waals surface area contributed by atoms with Crippen LogP contribution in [0.4, 0.5) is 18.9 Å². The molecular formula is C30H29F3N6O2S. The molecule has 0 saturated carbocycles. The number of carbonyl (C=O) groups is 1. The highest BCUT2D eigenvalue weighted by Gasteiger charge is 2.32. The van der Waals surface area contributed by atoms with Gasteiger partial charge in [-0.15, -0.1) is 18.3 Å². The van der Waals surface area contributed by atoms with Crippen LogP contribution in [0, 0.1) is 6.92 Å². The van der Waals surface area contributed by atoms with Crippen molar-refractivity contribution in [2.75, 3.05) is 17.3 Å². The van der Waals surface area contributed by atoms with Crippen LogP contribution in [0.25, 0.3) is 17.1 Å². The number of nitrogens with zero attached hydrogens (tertiary/aromatic N) is 5. The van der Waals surface area contributed by atoms with Crippen molar-refractivity contribution < 1.29 is 22.7 Å². The second-order valence-corrected chi connectivity index (χ2v) is 11.0. The Bertz CT molecular complexity index is 1600. The van der Waals surface area contributed by atoms with Crippen molar-refractivity contribution in [3.05, 3.63) is 89.7 Å². The van der Waals surface area contributed by atoms with E-state index in [1.54, 1.807) is 4.90 Å². The van der Waals surface area contributed by atoms with E-state index in [4.69, 9.17) is 4.99 Å². The summed E-state index contributed by atoms with van der Waals surface area (Å²) in [6.07, 6.45) is -3.25. The third-order valence-corrected chi connectivity index (χ3v) is 7.44. The van der Waals surface area contributed by atoms with Crippen molar-refractivity contribution in [3.8, 4) is 22.8 Å².